The maximum atomic E-state index is 11.0. The second-order valence-corrected chi connectivity index (χ2v) is 5.06. The lowest BCUT2D eigenvalue weighted by Gasteiger charge is -2.08. The van der Waals surface area contributed by atoms with Gasteiger partial charge in [-0.1, -0.05) is 0 Å². The average Bonchev–Trinajstić information content (AvgIpc) is 2.89. The topological polar surface area (TPSA) is 103 Å². The van der Waals surface area contributed by atoms with Gasteiger partial charge in [-0.2, -0.15) is 4.73 Å². The van der Waals surface area contributed by atoms with Crippen molar-refractivity contribution in [2.45, 2.75) is 6.92 Å². The minimum atomic E-state index is -0.511. The van der Waals surface area contributed by atoms with E-state index in [2.05, 4.69) is 9.97 Å². The van der Waals surface area contributed by atoms with E-state index in [-0.39, 0.29) is 11.5 Å². The van der Waals surface area contributed by atoms with Crippen molar-refractivity contribution in [3.05, 3.63) is 58.5 Å². The third-order valence-corrected chi connectivity index (χ3v) is 3.60. The highest BCUT2D eigenvalue weighted by molar-refractivity contribution is 5.72. The molecule has 0 atom stereocenters. The molecular weight excluding hydrogens is 312 g/mol. The normalized spacial score (nSPS) is 10.6. The number of aromatic nitrogens is 3. The lowest BCUT2D eigenvalue weighted by atomic mass is 10.1. The summed E-state index contributed by atoms with van der Waals surface area (Å²) in [5, 5.41) is 21.6. The van der Waals surface area contributed by atoms with Crippen LogP contribution in [0.1, 0.15) is 5.69 Å². The number of nitro benzene ring substituents is 1. The summed E-state index contributed by atoms with van der Waals surface area (Å²) < 4.78 is 6.14. The van der Waals surface area contributed by atoms with Crippen LogP contribution in [-0.2, 0) is 0 Å². The molecule has 0 amide bonds. The van der Waals surface area contributed by atoms with Crippen LogP contribution in [0, 0.1) is 17.0 Å². The van der Waals surface area contributed by atoms with Gasteiger partial charge in [0.15, 0.2) is 5.82 Å². The summed E-state index contributed by atoms with van der Waals surface area (Å²) in [5.74, 6) is 0.533. The molecule has 0 aliphatic heterocycles. The molecule has 2 aromatic heterocycles. The first-order valence-corrected chi connectivity index (χ1v) is 7.04. The molecule has 3 rings (SSSR count). The van der Waals surface area contributed by atoms with Crippen molar-refractivity contribution >= 4 is 5.69 Å². The molecule has 1 N–H and O–H groups in total. The van der Waals surface area contributed by atoms with E-state index in [0.29, 0.717) is 28.3 Å². The Morgan fingerprint density at radius 2 is 2.12 bits per heavy atom. The number of hydrogen-bond donors (Lipinski definition) is 1. The number of imidazole rings is 1. The van der Waals surface area contributed by atoms with Crippen LogP contribution in [0.5, 0.6) is 5.75 Å². The molecule has 2 heterocycles. The minimum absolute atomic E-state index is 0.116. The second kappa shape index (κ2) is 5.99. The Kier molecular flexibility index (Phi) is 3.87. The third-order valence-electron chi connectivity index (χ3n) is 3.60. The quantitative estimate of drug-likeness (QED) is 0.449. The van der Waals surface area contributed by atoms with Crippen molar-refractivity contribution in [2.24, 2.45) is 0 Å². The number of benzene rings is 1. The van der Waals surface area contributed by atoms with Gasteiger partial charge in [0.2, 0.25) is 0 Å². The average molecular weight is 326 g/mol. The fourth-order valence-electron chi connectivity index (χ4n) is 2.51. The highest BCUT2D eigenvalue weighted by atomic mass is 16.6. The van der Waals surface area contributed by atoms with Crippen LogP contribution in [-0.4, -0.2) is 31.9 Å². The summed E-state index contributed by atoms with van der Waals surface area (Å²) in [4.78, 5) is 18.9. The number of nitro groups is 1. The van der Waals surface area contributed by atoms with Crippen molar-refractivity contribution in [1.29, 1.82) is 0 Å². The molecule has 0 unspecified atom stereocenters. The highest BCUT2D eigenvalue weighted by Crippen LogP contribution is 2.35. The van der Waals surface area contributed by atoms with E-state index >= 15 is 0 Å². The lowest BCUT2D eigenvalue weighted by Crippen LogP contribution is -2.00. The molecule has 0 radical (unpaired) electrons. The summed E-state index contributed by atoms with van der Waals surface area (Å²) in [6.07, 6.45) is 3.23. The Morgan fingerprint density at radius 1 is 1.33 bits per heavy atom. The summed E-state index contributed by atoms with van der Waals surface area (Å²) in [6.45, 7) is 1.74. The molecule has 1 aromatic carbocycles. The molecule has 0 saturated carbocycles. The molecule has 0 aliphatic carbocycles. The van der Waals surface area contributed by atoms with Crippen molar-refractivity contribution in [3.63, 3.8) is 0 Å². The van der Waals surface area contributed by atoms with Crippen LogP contribution >= 0.6 is 0 Å². The van der Waals surface area contributed by atoms with Gasteiger partial charge in [-0.05, 0) is 25.1 Å². The fourth-order valence-corrected chi connectivity index (χ4v) is 2.51. The van der Waals surface area contributed by atoms with Gasteiger partial charge in [0.25, 0.3) is 5.69 Å². The standard InChI is InChI=1S/C16H14N4O4/c1-10-15(11-4-3-7-17-9-11)19(21)16(18-10)13-8-12(20(22)23)5-6-14(13)24-2/h3-9,21H,1-2H3. The molecule has 8 nitrogen and oxygen atoms in total. The van der Waals surface area contributed by atoms with Crippen LogP contribution in [0.2, 0.25) is 0 Å². The summed E-state index contributed by atoms with van der Waals surface area (Å²) >= 11 is 0. The largest absolute Gasteiger partial charge is 0.496 e. The Labute approximate surface area is 137 Å². The van der Waals surface area contributed by atoms with Crippen LogP contribution in [0.3, 0.4) is 0 Å². The van der Waals surface area contributed by atoms with Crippen LogP contribution in [0.25, 0.3) is 22.6 Å². The number of aryl methyl sites for hydroxylation is 1. The number of nitrogens with zero attached hydrogens (tertiary/aromatic N) is 4. The number of non-ortho nitro benzene ring substituents is 1. The second-order valence-electron chi connectivity index (χ2n) is 5.06. The van der Waals surface area contributed by atoms with E-state index in [0.717, 1.165) is 4.73 Å². The molecule has 0 spiro atoms. The molecule has 24 heavy (non-hydrogen) atoms. The van der Waals surface area contributed by atoms with Crippen LogP contribution < -0.4 is 4.74 Å². The van der Waals surface area contributed by atoms with Gasteiger partial charge in [0, 0.05) is 30.1 Å². The van der Waals surface area contributed by atoms with E-state index in [1.807, 2.05) is 0 Å². The fraction of sp³-hybridized carbons (Fsp3) is 0.125. The number of rotatable bonds is 4. The molecule has 3 aromatic rings. The predicted molar refractivity (Wildman–Crippen MR) is 86.0 cm³/mol. The Bertz CT molecular complexity index is 906. The van der Waals surface area contributed by atoms with Crippen molar-refractivity contribution < 1.29 is 14.9 Å². The summed E-state index contributed by atoms with van der Waals surface area (Å²) in [6, 6.07) is 7.66. The smallest absolute Gasteiger partial charge is 0.270 e. The molecule has 122 valence electrons. The van der Waals surface area contributed by atoms with Gasteiger partial charge >= 0.3 is 0 Å². The molecule has 0 fully saturated rings. The zero-order valence-corrected chi connectivity index (χ0v) is 13.0. The monoisotopic (exact) mass is 326 g/mol. The molecule has 8 heteroatoms. The van der Waals surface area contributed by atoms with Crippen molar-refractivity contribution in [1.82, 2.24) is 14.7 Å². The highest BCUT2D eigenvalue weighted by Gasteiger charge is 2.22. The number of pyridine rings is 1. The summed E-state index contributed by atoms with van der Waals surface area (Å²) in [5.41, 5.74) is 1.92. The Balaban J connectivity index is 2.21. The van der Waals surface area contributed by atoms with E-state index in [9.17, 15) is 15.3 Å². The molecule has 0 aliphatic rings. The van der Waals surface area contributed by atoms with Gasteiger partial charge in [-0.3, -0.25) is 15.1 Å². The van der Waals surface area contributed by atoms with Crippen molar-refractivity contribution in [3.8, 4) is 28.4 Å². The number of methoxy groups -OCH3 is 1. The van der Waals surface area contributed by atoms with Crippen molar-refractivity contribution in [2.75, 3.05) is 7.11 Å². The minimum Gasteiger partial charge on any atom is -0.496 e. The van der Waals surface area contributed by atoms with Gasteiger partial charge in [-0.25, -0.2) is 4.98 Å². The summed E-state index contributed by atoms with van der Waals surface area (Å²) in [7, 11) is 1.45. The van der Waals surface area contributed by atoms with Gasteiger partial charge in [0.05, 0.1) is 23.3 Å². The Hall–Kier alpha value is -3.42. The Morgan fingerprint density at radius 3 is 2.75 bits per heavy atom. The van der Waals surface area contributed by atoms with E-state index in [1.165, 1.54) is 25.3 Å². The van der Waals surface area contributed by atoms with E-state index in [1.54, 1.807) is 31.5 Å². The molecule has 0 saturated heterocycles. The van der Waals surface area contributed by atoms with Crippen LogP contribution in [0.15, 0.2) is 42.7 Å². The van der Waals surface area contributed by atoms with E-state index in [4.69, 9.17) is 4.74 Å². The zero-order chi connectivity index (χ0) is 17.3. The number of hydrogen-bond acceptors (Lipinski definition) is 6. The number of ether oxygens (including phenoxy) is 1. The van der Waals surface area contributed by atoms with E-state index < -0.39 is 4.92 Å². The zero-order valence-electron chi connectivity index (χ0n) is 13.0. The van der Waals surface area contributed by atoms with Gasteiger partial charge in [0.1, 0.15) is 11.4 Å². The predicted octanol–water partition coefficient (Wildman–Crippen LogP) is 3.07. The molecule has 0 bridgehead atoms. The van der Waals surface area contributed by atoms with Crippen LogP contribution in [0.4, 0.5) is 5.69 Å². The lowest BCUT2D eigenvalue weighted by molar-refractivity contribution is -0.384. The molecular formula is C16H14N4O4. The van der Waals surface area contributed by atoms with Gasteiger partial charge in [-0.15, -0.1) is 0 Å². The maximum Gasteiger partial charge on any atom is 0.270 e. The first kappa shape index (κ1) is 15.5. The van der Waals surface area contributed by atoms with Gasteiger partial charge < -0.3 is 9.94 Å². The first-order valence-electron chi connectivity index (χ1n) is 7.04. The SMILES string of the molecule is COc1ccc([N+](=O)[O-])cc1-c1nc(C)c(-c2cccnc2)n1O. The third kappa shape index (κ3) is 2.54. The maximum absolute atomic E-state index is 11.0. The first-order chi connectivity index (χ1) is 11.5.